The molecule has 0 fully saturated rings. The fourth-order valence-electron chi connectivity index (χ4n) is 3.74. The van der Waals surface area contributed by atoms with Crippen LogP contribution in [0.4, 0.5) is 5.69 Å². The SMILES string of the molecule is CCc1cccc(C)c1N(C(=O)CSCC(NC(=O)CCC(N)C(=O)O)C(=O)NCC(=O)O)C(C)COC. The quantitative estimate of drug-likeness (QED) is 0.182. The van der Waals surface area contributed by atoms with E-state index in [1.165, 1.54) is 0 Å². The average molecular weight is 555 g/mol. The lowest BCUT2D eigenvalue weighted by Gasteiger charge is -2.32. The van der Waals surface area contributed by atoms with Crippen molar-refractivity contribution < 1.29 is 38.9 Å². The number of aliphatic carboxylic acids is 2. The van der Waals surface area contributed by atoms with E-state index < -0.39 is 42.4 Å². The van der Waals surface area contributed by atoms with Gasteiger partial charge in [0.1, 0.15) is 18.6 Å². The molecular formula is C25H38N4O8S. The minimum absolute atomic E-state index is 0.0190. The number of anilines is 1. The molecular weight excluding hydrogens is 516 g/mol. The minimum Gasteiger partial charge on any atom is -0.480 e. The number of benzene rings is 1. The van der Waals surface area contributed by atoms with Crippen molar-refractivity contribution in [3.63, 3.8) is 0 Å². The molecule has 0 heterocycles. The third-order valence-corrected chi connectivity index (χ3v) is 6.66. The van der Waals surface area contributed by atoms with E-state index in [0.717, 1.165) is 35.0 Å². The second kappa shape index (κ2) is 16.6. The van der Waals surface area contributed by atoms with Crippen LogP contribution < -0.4 is 21.3 Å². The second-order valence-corrected chi connectivity index (χ2v) is 9.76. The van der Waals surface area contributed by atoms with Gasteiger partial charge in [-0.2, -0.15) is 0 Å². The van der Waals surface area contributed by atoms with Gasteiger partial charge in [0.2, 0.25) is 17.7 Å². The number of hydrogen-bond acceptors (Lipinski definition) is 8. The highest BCUT2D eigenvalue weighted by atomic mass is 32.2. The van der Waals surface area contributed by atoms with Gasteiger partial charge in [0, 0.05) is 19.3 Å². The van der Waals surface area contributed by atoms with Crippen LogP contribution in [0.5, 0.6) is 0 Å². The Kier molecular flexibility index (Phi) is 14.4. The summed E-state index contributed by atoms with van der Waals surface area (Å²) >= 11 is 1.11. The van der Waals surface area contributed by atoms with Crippen LogP contribution in [0.1, 0.15) is 37.8 Å². The van der Waals surface area contributed by atoms with Gasteiger partial charge >= 0.3 is 11.9 Å². The first-order chi connectivity index (χ1) is 17.9. The Bertz CT molecular complexity index is 990. The topological polar surface area (TPSA) is 188 Å². The molecule has 1 aromatic carbocycles. The highest BCUT2D eigenvalue weighted by Crippen LogP contribution is 2.28. The Morgan fingerprint density at radius 2 is 1.87 bits per heavy atom. The van der Waals surface area contributed by atoms with Crippen LogP contribution in [-0.2, 0) is 35.1 Å². The van der Waals surface area contributed by atoms with Gasteiger partial charge in [0.05, 0.1) is 24.1 Å². The van der Waals surface area contributed by atoms with E-state index in [2.05, 4.69) is 10.6 Å². The van der Waals surface area contributed by atoms with Crippen molar-refractivity contribution >= 4 is 47.1 Å². The molecule has 212 valence electrons. The van der Waals surface area contributed by atoms with E-state index in [9.17, 15) is 24.0 Å². The van der Waals surface area contributed by atoms with Crippen molar-refractivity contribution in [1.82, 2.24) is 10.6 Å². The molecule has 0 bridgehead atoms. The zero-order chi connectivity index (χ0) is 28.8. The predicted octanol–water partition coefficient (Wildman–Crippen LogP) is 0.536. The highest BCUT2D eigenvalue weighted by Gasteiger charge is 2.27. The molecule has 0 saturated carbocycles. The fourth-order valence-corrected chi connectivity index (χ4v) is 4.64. The van der Waals surface area contributed by atoms with E-state index in [4.69, 9.17) is 20.7 Å². The highest BCUT2D eigenvalue weighted by molar-refractivity contribution is 8.00. The van der Waals surface area contributed by atoms with Crippen LogP contribution in [0.3, 0.4) is 0 Å². The van der Waals surface area contributed by atoms with Crippen molar-refractivity contribution in [2.75, 3.05) is 36.7 Å². The molecule has 13 heteroatoms. The third-order valence-electron chi connectivity index (χ3n) is 5.64. The maximum atomic E-state index is 13.4. The molecule has 0 aliphatic rings. The van der Waals surface area contributed by atoms with E-state index in [0.29, 0.717) is 6.61 Å². The molecule has 38 heavy (non-hydrogen) atoms. The maximum absolute atomic E-state index is 13.4. The first-order valence-corrected chi connectivity index (χ1v) is 13.3. The normalized spacial score (nSPS) is 13.2. The Balaban J connectivity index is 2.99. The van der Waals surface area contributed by atoms with Crippen LogP contribution in [0, 0.1) is 6.92 Å². The van der Waals surface area contributed by atoms with Crippen LogP contribution in [0.25, 0.3) is 0 Å². The molecule has 0 aliphatic heterocycles. The van der Waals surface area contributed by atoms with Crippen LogP contribution in [0.2, 0.25) is 0 Å². The molecule has 0 radical (unpaired) electrons. The van der Waals surface area contributed by atoms with Gasteiger partial charge in [-0.15, -0.1) is 11.8 Å². The monoisotopic (exact) mass is 554 g/mol. The summed E-state index contributed by atoms with van der Waals surface area (Å²) in [6.45, 7) is 5.47. The third kappa shape index (κ3) is 10.7. The fraction of sp³-hybridized carbons (Fsp3) is 0.560. The van der Waals surface area contributed by atoms with E-state index in [-0.39, 0.29) is 36.3 Å². The van der Waals surface area contributed by atoms with Crippen molar-refractivity contribution in [2.24, 2.45) is 5.73 Å². The summed E-state index contributed by atoms with van der Waals surface area (Å²) in [6, 6.07) is 3.17. The van der Waals surface area contributed by atoms with Gasteiger partial charge in [-0.05, 0) is 37.8 Å². The van der Waals surface area contributed by atoms with Crippen molar-refractivity contribution in [2.45, 2.75) is 58.2 Å². The number of carboxylic acids is 2. The lowest BCUT2D eigenvalue weighted by atomic mass is 10.0. The number of nitrogens with zero attached hydrogens (tertiary/aromatic N) is 1. The molecule has 0 saturated heterocycles. The first kappa shape index (κ1) is 32.9. The number of carboxylic acid groups (broad SMARTS) is 2. The predicted molar refractivity (Wildman–Crippen MR) is 144 cm³/mol. The van der Waals surface area contributed by atoms with Gasteiger partial charge in [0.15, 0.2) is 0 Å². The Labute approximate surface area is 226 Å². The molecule has 0 aliphatic carbocycles. The molecule has 12 nitrogen and oxygen atoms in total. The lowest BCUT2D eigenvalue weighted by molar-refractivity contribution is -0.139. The Morgan fingerprint density at radius 3 is 2.45 bits per heavy atom. The van der Waals surface area contributed by atoms with Gasteiger partial charge in [-0.3, -0.25) is 24.0 Å². The summed E-state index contributed by atoms with van der Waals surface area (Å²) < 4.78 is 5.29. The van der Waals surface area contributed by atoms with E-state index in [1.807, 2.05) is 39.0 Å². The molecule has 0 aromatic heterocycles. The summed E-state index contributed by atoms with van der Waals surface area (Å²) in [7, 11) is 1.55. The summed E-state index contributed by atoms with van der Waals surface area (Å²) in [5.41, 5.74) is 8.17. The molecule has 3 atom stereocenters. The number of para-hydroxylation sites is 1. The molecule has 1 rings (SSSR count). The summed E-state index contributed by atoms with van der Waals surface area (Å²) in [5, 5.41) is 22.4. The van der Waals surface area contributed by atoms with Gasteiger partial charge in [0.25, 0.3) is 0 Å². The first-order valence-electron chi connectivity index (χ1n) is 12.2. The number of methoxy groups -OCH3 is 1. The smallest absolute Gasteiger partial charge is 0.322 e. The second-order valence-electron chi connectivity index (χ2n) is 8.73. The number of aryl methyl sites for hydroxylation is 2. The van der Waals surface area contributed by atoms with Crippen molar-refractivity contribution in [3.8, 4) is 0 Å². The number of hydrogen-bond donors (Lipinski definition) is 5. The number of amides is 3. The Morgan fingerprint density at radius 1 is 1.18 bits per heavy atom. The van der Waals surface area contributed by atoms with E-state index >= 15 is 0 Å². The average Bonchev–Trinajstić information content (AvgIpc) is 2.86. The zero-order valence-electron chi connectivity index (χ0n) is 22.2. The standard InChI is InChI=1S/C25H38N4O8S/c1-5-17-8-6-7-15(2)23(17)29(16(3)12-37-4)21(31)14-38-13-19(24(34)27-11-22(32)33)28-20(30)10-9-18(26)25(35)36/h6-8,16,18-19H,5,9-14,26H2,1-4H3,(H,27,34)(H,28,30)(H,32,33)(H,35,36). The van der Waals surface area contributed by atoms with Gasteiger partial charge in [-0.1, -0.05) is 25.1 Å². The summed E-state index contributed by atoms with van der Waals surface area (Å²) in [5.74, 6) is -4.12. The van der Waals surface area contributed by atoms with E-state index in [1.54, 1.807) is 12.0 Å². The summed E-state index contributed by atoms with van der Waals surface area (Å²) in [4.78, 5) is 61.7. The lowest BCUT2D eigenvalue weighted by Crippen LogP contribution is -2.50. The number of rotatable bonds is 17. The zero-order valence-corrected chi connectivity index (χ0v) is 23.0. The van der Waals surface area contributed by atoms with Crippen molar-refractivity contribution in [3.05, 3.63) is 29.3 Å². The number of thioether (sulfide) groups is 1. The molecule has 6 N–H and O–H groups in total. The number of nitrogens with one attached hydrogen (secondary N) is 2. The molecule has 0 spiro atoms. The minimum atomic E-state index is -1.26. The largest absolute Gasteiger partial charge is 0.480 e. The molecule has 3 unspecified atom stereocenters. The van der Waals surface area contributed by atoms with Gasteiger partial charge in [-0.25, -0.2) is 0 Å². The summed E-state index contributed by atoms with van der Waals surface area (Å²) in [6.07, 6.45) is 0.338. The number of carbonyl (C=O) groups excluding carboxylic acids is 3. The Hall–Kier alpha value is -3.16. The van der Waals surface area contributed by atoms with Gasteiger partial charge < -0.3 is 36.2 Å². The van der Waals surface area contributed by atoms with Crippen LogP contribution in [0.15, 0.2) is 18.2 Å². The number of ether oxygens (including phenoxy) is 1. The molecule has 1 aromatic rings. The van der Waals surface area contributed by atoms with Crippen LogP contribution in [-0.4, -0.2) is 89.8 Å². The van der Waals surface area contributed by atoms with Crippen molar-refractivity contribution in [1.29, 1.82) is 0 Å². The number of carbonyl (C=O) groups is 5. The maximum Gasteiger partial charge on any atom is 0.322 e. The molecule has 3 amide bonds. The number of nitrogens with two attached hydrogens (primary N) is 1. The van der Waals surface area contributed by atoms with Crippen LogP contribution >= 0.6 is 11.8 Å².